The standard InChI is InChI=1S/C14H23NO2/c1-3-6-13(10-15)12-7-5-8-14(9-12)17-11-16-4-2/h5,7-9,13H,3-4,6,10-11,15H2,1-2H3. The van der Waals surface area contributed by atoms with Gasteiger partial charge in [-0.25, -0.2) is 0 Å². The molecule has 3 nitrogen and oxygen atoms in total. The molecule has 3 heteroatoms. The average molecular weight is 237 g/mol. The SMILES string of the molecule is CCCC(CN)c1cccc(OCOCC)c1. The van der Waals surface area contributed by atoms with Crippen LogP contribution in [0.25, 0.3) is 0 Å². The van der Waals surface area contributed by atoms with E-state index in [0.29, 0.717) is 25.9 Å². The third-order valence-electron chi connectivity index (χ3n) is 2.76. The van der Waals surface area contributed by atoms with E-state index in [4.69, 9.17) is 15.2 Å². The van der Waals surface area contributed by atoms with Gasteiger partial charge in [0, 0.05) is 6.61 Å². The van der Waals surface area contributed by atoms with Crippen LogP contribution >= 0.6 is 0 Å². The van der Waals surface area contributed by atoms with Gasteiger partial charge in [0.2, 0.25) is 0 Å². The summed E-state index contributed by atoms with van der Waals surface area (Å²) in [4.78, 5) is 0. The largest absolute Gasteiger partial charge is 0.468 e. The highest BCUT2D eigenvalue weighted by atomic mass is 16.7. The van der Waals surface area contributed by atoms with Crippen molar-refractivity contribution in [2.24, 2.45) is 5.73 Å². The summed E-state index contributed by atoms with van der Waals surface area (Å²) >= 11 is 0. The summed E-state index contributed by atoms with van der Waals surface area (Å²) in [7, 11) is 0. The Balaban J connectivity index is 2.63. The van der Waals surface area contributed by atoms with Crippen molar-refractivity contribution in [2.75, 3.05) is 19.9 Å². The first-order valence-corrected chi connectivity index (χ1v) is 6.32. The Morgan fingerprint density at radius 1 is 1.29 bits per heavy atom. The molecule has 0 bridgehead atoms. The molecule has 0 aliphatic heterocycles. The molecule has 0 saturated heterocycles. The Bertz CT molecular complexity index is 315. The lowest BCUT2D eigenvalue weighted by Crippen LogP contribution is -2.12. The zero-order chi connectivity index (χ0) is 12.5. The van der Waals surface area contributed by atoms with Crippen molar-refractivity contribution in [1.82, 2.24) is 0 Å². The van der Waals surface area contributed by atoms with E-state index in [1.807, 2.05) is 19.1 Å². The molecule has 1 rings (SSSR count). The Morgan fingerprint density at radius 3 is 2.76 bits per heavy atom. The minimum absolute atomic E-state index is 0.307. The number of rotatable bonds is 8. The predicted molar refractivity (Wildman–Crippen MR) is 70.3 cm³/mol. The Morgan fingerprint density at radius 2 is 2.12 bits per heavy atom. The Hall–Kier alpha value is -1.06. The summed E-state index contributed by atoms with van der Waals surface area (Å²) in [5.41, 5.74) is 7.05. The maximum atomic E-state index is 5.80. The third kappa shape index (κ3) is 4.75. The molecular weight excluding hydrogens is 214 g/mol. The van der Waals surface area contributed by atoms with Crippen molar-refractivity contribution >= 4 is 0 Å². The summed E-state index contributed by atoms with van der Waals surface area (Å²) in [6.45, 7) is 5.79. The van der Waals surface area contributed by atoms with Gasteiger partial charge >= 0.3 is 0 Å². The number of nitrogens with two attached hydrogens (primary N) is 1. The van der Waals surface area contributed by atoms with Crippen molar-refractivity contribution < 1.29 is 9.47 Å². The topological polar surface area (TPSA) is 44.5 Å². The van der Waals surface area contributed by atoms with Gasteiger partial charge in [0.1, 0.15) is 5.75 Å². The summed E-state index contributed by atoms with van der Waals surface area (Å²) in [5.74, 6) is 1.28. The molecule has 0 spiro atoms. The predicted octanol–water partition coefficient (Wildman–Crippen LogP) is 2.90. The van der Waals surface area contributed by atoms with Crippen LogP contribution in [-0.2, 0) is 4.74 Å². The van der Waals surface area contributed by atoms with E-state index in [1.54, 1.807) is 0 Å². The molecule has 0 radical (unpaired) electrons. The quantitative estimate of drug-likeness (QED) is 0.558. The van der Waals surface area contributed by atoms with Crippen LogP contribution < -0.4 is 10.5 Å². The van der Waals surface area contributed by atoms with E-state index in [1.165, 1.54) is 5.56 Å². The van der Waals surface area contributed by atoms with Crippen LogP contribution in [-0.4, -0.2) is 19.9 Å². The van der Waals surface area contributed by atoms with Gasteiger partial charge in [0.05, 0.1) is 0 Å². The lowest BCUT2D eigenvalue weighted by atomic mass is 9.94. The maximum absolute atomic E-state index is 5.80. The molecule has 1 aromatic carbocycles. The molecule has 1 atom stereocenters. The van der Waals surface area contributed by atoms with Gasteiger partial charge in [-0.1, -0.05) is 25.5 Å². The lowest BCUT2D eigenvalue weighted by molar-refractivity contribution is 0.0223. The molecule has 0 aliphatic rings. The number of hydrogen-bond donors (Lipinski definition) is 1. The summed E-state index contributed by atoms with van der Waals surface area (Å²) in [6.07, 6.45) is 2.26. The second kappa shape index (κ2) is 8.09. The fourth-order valence-corrected chi connectivity index (χ4v) is 1.82. The van der Waals surface area contributed by atoms with E-state index in [2.05, 4.69) is 19.1 Å². The number of benzene rings is 1. The van der Waals surface area contributed by atoms with E-state index in [9.17, 15) is 0 Å². The summed E-state index contributed by atoms with van der Waals surface area (Å²) in [5, 5.41) is 0. The second-order valence-corrected chi connectivity index (χ2v) is 4.05. The Kier molecular flexibility index (Phi) is 6.67. The molecular formula is C14H23NO2. The van der Waals surface area contributed by atoms with Crippen LogP contribution in [0, 0.1) is 0 Å². The molecule has 17 heavy (non-hydrogen) atoms. The first kappa shape index (κ1) is 14.0. The van der Waals surface area contributed by atoms with Crippen LogP contribution in [0.2, 0.25) is 0 Å². The van der Waals surface area contributed by atoms with E-state index in [0.717, 1.165) is 18.6 Å². The average Bonchev–Trinajstić information content (AvgIpc) is 2.36. The van der Waals surface area contributed by atoms with Gasteiger partial charge in [-0.05, 0) is 43.5 Å². The minimum atomic E-state index is 0.307. The summed E-state index contributed by atoms with van der Waals surface area (Å²) in [6, 6.07) is 8.13. The van der Waals surface area contributed by atoms with E-state index < -0.39 is 0 Å². The second-order valence-electron chi connectivity index (χ2n) is 4.05. The molecule has 1 aromatic rings. The molecule has 0 heterocycles. The highest BCUT2D eigenvalue weighted by Gasteiger charge is 2.09. The fourth-order valence-electron chi connectivity index (χ4n) is 1.82. The zero-order valence-electron chi connectivity index (χ0n) is 10.8. The van der Waals surface area contributed by atoms with Crippen LogP contribution in [0.15, 0.2) is 24.3 Å². The molecule has 0 amide bonds. The molecule has 0 saturated carbocycles. The van der Waals surface area contributed by atoms with Crippen molar-refractivity contribution in [3.05, 3.63) is 29.8 Å². The zero-order valence-corrected chi connectivity index (χ0v) is 10.8. The van der Waals surface area contributed by atoms with Crippen molar-refractivity contribution in [1.29, 1.82) is 0 Å². The Labute approximate surface area is 104 Å². The van der Waals surface area contributed by atoms with E-state index >= 15 is 0 Å². The van der Waals surface area contributed by atoms with Crippen LogP contribution in [0.3, 0.4) is 0 Å². The van der Waals surface area contributed by atoms with Gasteiger partial charge in [0.15, 0.2) is 6.79 Å². The lowest BCUT2D eigenvalue weighted by Gasteiger charge is -2.15. The molecule has 96 valence electrons. The highest BCUT2D eigenvalue weighted by Crippen LogP contribution is 2.23. The normalized spacial score (nSPS) is 12.4. The van der Waals surface area contributed by atoms with Crippen molar-refractivity contribution in [3.63, 3.8) is 0 Å². The maximum Gasteiger partial charge on any atom is 0.189 e. The number of ether oxygens (including phenoxy) is 2. The molecule has 0 fully saturated rings. The van der Waals surface area contributed by atoms with E-state index in [-0.39, 0.29) is 0 Å². The van der Waals surface area contributed by atoms with Crippen LogP contribution in [0.5, 0.6) is 5.75 Å². The van der Waals surface area contributed by atoms with Gasteiger partial charge in [-0.3, -0.25) is 0 Å². The van der Waals surface area contributed by atoms with Crippen molar-refractivity contribution in [3.8, 4) is 5.75 Å². The van der Waals surface area contributed by atoms with Crippen molar-refractivity contribution in [2.45, 2.75) is 32.6 Å². The molecule has 0 aliphatic carbocycles. The van der Waals surface area contributed by atoms with Gasteiger partial charge in [-0.2, -0.15) is 0 Å². The summed E-state index contributed by atoms with van der Waals surface area (Å²) < 4.78 is 10.7. The monoisotopic (exact) mass is 237 g/mol. The molecule has 2 N–H and O–H groups in total. The van der Waals surface area contributed by atoms with Crippen LogP contribution in [0.4, 0.5) is 0 Å². The molecule has 1 unspecified atom stereocenters. The minimum Gasteiger partial charge on any atom is -0.468 e. The van der Waals surface area contributed by atoms with Gasteiger partial charge in [-0.15, -0.1) is 0 Å². The molecule has 0 aromatic heterocycles. The van der Waals surface area contributed by atoms with Gasteiger partial charge < -0.3 is 15.2 Å². The first-order valence-electron chi connectivity index (χ1n) is 6.32. The fraction of sp³-hybridized carbons (Fsp3) is 0.571. The number of hydrogen-bond acceptors (Lipinski definition) is 3. The van der Waals surface area contributed by atoms with Crippen LogP contribution in [0.1, 0.15) is 38.2 Å². The third-order valence-corrected chi connectivity index (χ3v) is 2.76. The highest BCUT2D eigenvalue weighted by molar-refractivity contribution is 5.31. The smallest absolute Gasteiger partial charge is 0.189 e. The van der Waals surface area contributed by atoms with Gasteiger partial charge in [0.25, 0.3) is 0 Å². The first-order chi connectivity index (χ1) is 8.31.